The number of likely N-dealkylation sites (N-methyl/N-ethyl adjacent to an activating group) is 1. The molecule has 0 spiro atoms. The second-order valence-corrected chi connectivity index (χ2v) is 5.25. The summed E-state index contributed by atoms with van der Waals surface area (Å²) in [5.74, 6) is -0.0473. The van der Waals surface area contributed by atoms with Crippen LogP contribution < -0.4 is 5.32 Å². The SMILES string of the molecule is CNC(=O)C1CN(Cc2cccc(Br)c2)CCO1. The number of halogens is 1. The normalized spacial score (nSPS) is 20.7. The minimum atomic E-state index is -0.351. The number of morpholine rings is 1. The third-order valence-corrected chi connectivity index (χ3v) is 3.48. The molecule has 1 saturated heterocycles. The molecule has 1 amide bonds. The molecule has 5 heteroatoms. The van der Waals surface area contributed by atoms with Crippen LogP contribution in [0.15, 0.2) is 28.7 Å². The predicted octanol–water partition coefficient (Wildman–Crippen LogP) is 1.40. The van der Waals surface area contributed by atoms with Crippen LogP contribution in [0.1, 0.15) is 5.56 Å². The summed E-state index contributed by atoms with van der Waals surface area (Å²) in [5, 5.41) is 2.63. The molecule has 1 N–H and O–H groups in total. The van der Waals surface area contributed by atoms with E-state index in [4.69, 9.17) is 4.74 Å². The molecule has 1 fully saturated rings. The average molecular weight is 313 g/mol. The zero-order valence-corrected chi connectivity index (χ0v) is 11.9. The van der Waals surface area contributed by atoms with E-state index >= 15 is 0 Å². The summed E-state index contributed by atoms with van der Waals surface area (Å²) in [7, 11) is 1.64. The Balaban J connectivity index is 1.95. The molecule has 4 nitrogen and oxygen atoms in total. The third kappa shape index (κ3) is 3.54. The lowest BCUT2D eigenvalue weighted by Gasteiger charge is -2.31. The minimum absolute atomic E-state index is 0.0473. The Kier molecular flexibility index (Phi) is 4.74. The highest BCUT2D eigenvalue weighted by Crippen LogP contribution is 2.15. The molecule has 0 saturated carbocycles. The van der Waals surface area contributed by atoms with Crippen LogP contribution in [0.3, 0.4) is 0 Å². The zero-order chi connectivity index (χ0) is 13.0. The van der Waals surface area contributed by atoms with E-state index < -0.39 is 0 Å². The molecular weight excluding hydrogens is 296 g/mol. The van der Waals surface area contributed by atoms with Crippen LogP contribution in [0.5, 0.6) is 0 Å². The maximum absolute atomic E-state index is 11.5. The van der Waals surface area contributed by atoms with Crippen LogP contribution in [0.4, 0.5) is 0 Å². The summed E-state index contributed by atoms with van der Waals surface area (Å²) < 4.78 is 6.54. The van der Waals surface area contributed by atoms with Gasteiger partial charge in [0.2, 0.25) is 5.91 Å². The Bertz CT molecular complexity index is 425. The van der Waals surface area contributed by atoms with E-state index in [9.17, 15) is 4.79 Å². The fraction of sp³-hybridized carbons (Fsp3) is 0.462. The number of rotatable bonds is 3. The van der Waals surface area contributed by atoms with E-state index in [1.807, 2.05) is 12.1 Å². The van der Waals surface area contributed by atoms with Gasteiger partial charge in [0.25, 0.3) is 0 Å². The van der Waals surface area contributed by atoms with Crippen LogP contribution in [0, 0.1) is 0 Å². The lowest BCUT2D eigenvalue weighted by Crippen LogP contribution is -2.48. The number of nitrogens with zero attached hydrogens (tertiary/aromatic N) is 1. The summed E-state index contributed by atoms with van der Waals surface area (Å²) in [6.07, 6.45) is -0.351. The Morgan fingerprint density at radius 1 is 1.61 bits per heavy atom. The number of hydrogen-bond acceptors (Lipinski definition) is 3. The van der Waals surface area contributed by atoms with E-state index in [0.29, 0.717) is 13.2 Å². The van der Waals surface area contributed by atoms with Crippen molar-refractivity contribution in [2.24, 2.45) is 0 Å². The quantitative estimate of drug-likeness (QED) is 0.917. The van der Waals surface area contributed by atoms with Gasteiger partial charge in [0.05, 0.1) is 6.61 Å². The lowest BCUT2D eigenvalue weighted by molar-refractivity contribution is -0.138. The van der Waals surface area contributed by atoms with Crippen molar-refractivity contribution >= 4 is 21.8 Å². The van der Waals surface area contributed by atoms with Crippen molar-refractivity contribution in [3.63, 3.8) is 0 Å². The van der Waals surface area contributed by atoms with Gasteiger partial charge in [-0.1, -0.05) is 28.1 Å². The second-order valence-electron chi connectivity index (χ2n) is 4.34. The van der Waals surface area contributed by atoms with Crippen molar-refractivity contribution in [2.45, 2.75) is 12.6 Å². The van der Waals surface area contributed by atoms with E-state index in [1.54, 1.807) is 7.05 Å². The zero-order valence-electron chi connectivity index (χ0n) is 10.4. The molecule has 2 rings (SSSR count). The van der Waals surface area contributed by atoms with Gasteiger partial charge in [0.15, 0.2) is 0 Å². The number of ether oxygens (including phenoxy) is 1. The molecule has 1 aliphatic heterocycles. The molecule has 1 aliphatic rings. The highest BCUT2D eigenvalue weighted by Gasteiger charge is 2.25. The smallest absolute Gasteiger partial charge is 0.250 e. The van der Waals surface area contributed by atoms with Crippen molar-refractivity contribution in [1.82, 2.24) is 10.2 Å². The monoisotopic (exact) mass is 312 g/mol. The first-order chi connectivity index (χ1) is 8.69. The van der Waals surface area contributed by atoms with Gasteiger partial charge in [-0.25, -0.2) is 0 Å². The van der Waals surface area contributed by atoms with Crippen LogP contribution in [-0.4, -0.2) is 43.7 Å². The summed E-state index contributed by atoms with van der Waals surface area (Å²) in [6.45, 7) is 2.95. The fourth-order valence-electron chi connectivity index (χ4n) is 2.06. The topological polar surface area (TPSA) is 41.6 Å². The predicted molar refractivity (Wildman–Crippen MR) is 73.2 cm³/mol. The Morgan fingerprint density at radius 2 is 2.44 bits per heavy atom. The van der Waals surface area contributed by atoms with Crippen molar-refractivity contribution < 1.29 is 9.53 Å². The maximum atomic E-state index is 11.5. The maximum Gasteiger partial charge on any atom is 0.250 e. The van der Waals surface area contributed by atoms with Crippen molar-refractivity contribution in [3.8, 4) is 0 Å². The van der Waals surface area contributed by atoms with Gasteiger partial charge in [-0.15, -0.1) is 0 Å². The van der Waals surface area contributed by atoms with Gasteiger partial charge < -0.3 is 10.1 Å². The molecule has 98 valence electrons. The minimum Gasteiger partial charge on any atom is -0.366 e. The number of nitrogens with one attached hydrogen (secondary N) is 1. The summed E-state index contributed by atoms with van der Waals surface area (Å²) in [4.78, 5) is 13.8. The fourth-order valence-corrected chi connectivity index (χ4v) is 2.51. The van der Waals surface area contributed by atoms with Crippen molar-refractivity contribution in [3.05, 3.63) is 34.3 Å². The number of amides is 1. The van der Waals surface area contributed by atoms with Gasteiger partial charge in [-0.3, -0.25) is 9.69 Å². The van der Waals surface area contributed by atoms with Gasteiger partial charge in [0, 0.05) is 31.2 Å². The molecule has 0 aromatic heterocycles. The molecular formula is C13H17BrN2O2. The number of hydrogen-bond donors (Lipinski definition) is 1. The first-order valence-electron chi connectivity index (χ1n) is 5.99. The van der Waals surface area contributed by atoms with Gasteiger partial charge in [0.1, 0.15) is 6.10 Å². The molecule has 1 aromatic rings. The summed E-state index contributed by atoms with van der Waals surface area (Å²) in [6, 6.07) is 8.23. The standard InChI is InChI=1S/C13H17BrN2O2/c1-15-13(17)12-9-16(5-6-18-12)8-10-3-2-4-11(14)7-10/h2-4,7,12H,5-6,8-9H2,1H3,(H,15,17). The van der Waals surface area contributed by atoms with Crippen LogP contribution >= 0.6 is 15.9 Å². The molecule has 1 unspecified atom stereocenters. The third-order valence-electron chi connectivity index (χ3n) is 2.98. The molecule has 18 heavy (non-hydrogen) atoms. The Labute approximate surface area is 115 Å². The Hall–Kier alpha value is -0.910. The first kappa shape index (κ1) is 13.5. The second kappa shape index (κ2) is 6.31. The van der Waals surface area contributed by atoms with Crippen LogP contribution in [-0.2, 0) is 16.1 Å². The molecule has 1 aromatic carbocycles. The van der Waals surface area contributed by atoms with E-state index in [-0.39, 0.29) is 12.0 Å². The largest absolute Gasteiger partial charge is 0.366 e. The van der Waals surface area contributed by atoms with Crippen LogP contribution in [0.2, 0.25) is 0 Å². The van der Waals surface area contributed by atoms with Crippen molar-refractivity contribution in [1.29, 1.82) is 0 Å². The molecule has 1 heterocycles. The number of benzene rings is 1. The first-order valence-corrected chi connectivity index (χ1v) is 6.78. The molecule has 0 radical (unpaired) electrons. The van der Waals surface area contributed by atoms with Gasteiger partial charge in [-0.2, -0.15) is 0 Å². The van der Waals surface area contributed by atoms with Crippen LogP contribution in [0.25, 0.3) is 0 Å². The highest BCUT2D eigenvalue weighted by molar-refractivity contribution is 9.10. The van der Waals surface area contributed by atoms with Gasteiger partial charge in [-0.05, 0) is 17.7 Å². The highest BCUT2D eigenvalue weighted by atomic mass is 79.9. The molecule has 0 bridgehead atoms. The summed E-state index contributed by atoms with van der Waals surface area (Å²) in [5.41, 5.74) is 1.24. The Morgan fingerprint density at radius 3 is 3.17 bits per heavy atom. The average Bonchev–Trinajstić information content (AvgIpc) is 2.38. The molecule has 1 atom stereocenters. The lowest BCUT2D eigenvalue weighted by atomic mass is 10.2. The van der Waals surface area contributed by atoms with Crippen molar-refractivity contribution in [2.75, 3.05) is 26.7 Å². The number of carbonyl (C=O) groups is 1. The number of carbonyl (C=O) groups excluding carboxylic acids is 1. The van der Waals surface area contributed by atoms with E-state index in [0.717, 1.165) is 17.6 Å². The van der Waals surface area contributed by atoms with E-state index in [1.165, 1.54) is 5.56 Å². The molecule has 0 aliphatic carbocycles. The van der Waals surface area contributed by atoms with E-state index in [2.05, 4.69) is 38.3 Å². The summed E-state index contributed by atoms with van der Waals surface area (Å²) >= 11 is 3.47. The van der Waals surface area contributed by atoms with Gasteiger partial charge >= 0.3 is 0 Å².